The van der Waals surface area contributed by atoms with Gasteiger partial charge in [0.15, 0.2) is 0 Å². The summed E-state index contributed by atoms with van der Waals surface area (Å²) < 4.78 is 4.48. The molecule has 0 unspecified atom stereocenters. The average molecular weight is 102 g/mol. The summed E-state index contributed by atoms with van der Waals surface area (Å²) in [7, 11) is 0. The molecule has 1 aliphatic rings. The van der Waals surface area contributed by atoms with Crippen LogP contribution in [-0.4, -0.2) is 22.6 Å². The van der Waals surface area contributed by atoms with Gasteiger partial charge in [0.05, 0.1) is 6.26 Å². The summed E-state index contributed by atoms with van der Waals surface area (Å²) in [6, 6.07) is 0. The van der Waals surface area contributed by atoms with Crippen LogP contribution in [0.3, 0.4) is 0 Å². The molecule has 0 fully saturated rings. The van der Waals surface area contributed by atoms with E-state index < -0.39 is 5.79 Å². The van der Waals surface area contributed by atoms with Crippen molar-refractivity contribution in [3.05, 3.63) is 12.3 Å². The molecule has 0 radical (unpaired) electrons. The van der Waals surface area contributed by atoms with Gasteiger partial charge in [-0.25, -0.2) is 0 Å². The normalized spacial score (nSPS) is 24.9. The molecule has 0 saturated carbocycles. The Balaban J connectivity index is 2.57. The van der Waals surface area contributed by atoms with E-state index in [0.717, 1.165) is 0 Å². The Labute approximate surface area is 40.8 Å². The lowest BCUT2D eigenvalue weighted by molar-refractivity contribution is -0.132. The van der Waals surface area contributed by atoms with Crippen LogP contribution in [0.2, 0.25) is 0 Å². The summed E-state index contributed by atoms with van der Waals surface area (Å²) in [5.74, 6) is -1.71. The van der Waals surface area contributed by atoms with Crippen molar-refractivity contribution < 1.29 is 14.9 Å². The maximum Gasteiger partial charge on any atom is 0.221 e. The predicted molar refractivity (Wildman–Crippen MR) is 22.3 cm³/mol. The Kier molecular flexibility index (Phi) is 0.800. The Morgan fingerprint density at radius 2 is 2.29 bits per heavy atom. The Morgan fingerprint density at radius 3 is 2.43 bits per heavy atom. The summed E-state index contributed by atoms with van der Waals surface area (Å²) in [6.45, 7) is -0.0486. The highest BCUT2D eigenvalue weighted by molar-refractivity contribution is 4.94. The van der Waals surface area contributed by atoms with Crippen molar-refractivity contribution in [2.45, 2.75) is 5.79 Å². The van der Waals surface area contributed by atoms with Crippen molar-refractivity contribution in [3.8, 4) is 0 Å². The fourth-order valence-corrected chi connectivity index (χ4v) is 0.376. The molecular weight excluding hydrogens is 96.0 g/mol. The zero-order valence-corrected chi connectivity index (χ0v) is 3.66. The van der Waals surface area contributed by atoms with Crippen molar-refractivity contribution in [2.24, 2.45) is 0 Å². The zero-order chi connectivity index (χ0) is 5.33. The molecule has 0 aromatic rings. The zero-order valence-electron chi connectivity index (χ0n) is 3.66. The summed E-state index contributed by atoms with van der Waals surface area (Å²) in [6.07, 6.45) is 2.45. The molecule has 0 aliphatic carbocycles. The average Bonchev–Trinajstić information content (AvgIpc) is 1.84. The molecule has 2 N–H and O–H groups in total. The lowest BCUT2D eigenvalue weighted by atomic mass is 10.3. The third-order valence-corrected chi connectivity index (χ3v) is 0.727. The summed E-state index contributed by atoms with van der Waals surface area (Å²) in [5.41, 5.74) is 0. The molecule has 7 heavy (non-hydrogen) atoms. The van der Waals surface area contributed by atoms with Crippen LogP contribution in [-0.2, 0) is 4.74 Å². The molecular formula is C4H6O3. The summed E-state index contributed by atoms with van der Waals surface area (Å²) in [4.78, 5) is 0. The van der Waals surface area contributed by atoms with Crippen molar-refractivity contribution in [1.29, 1.82) is 0 Å². The number of aliphatic hydroxyl groups is 2. The van der Waals surface area contributed by atoms with Crippen molar-refractivity contribution >= 4 is 0 Å². The molecule has 3 heteroatoms. The minimum Gasteiger partial charge on any atom is -0.495 e. The highest BCUT2D eigenvalue weighted by atomic mass is 16.6. The highest BCUT2D eigenvalue weighted by Crippen LogP contribution is 2.08. The van der Waals surface area contributed by atoms with E-state index in [-0.39, 0.29) is 6.61 Å². The van der Waals surface area contributed by atoms with Gasteiger partial charge in [-0.3, -0.25) is 0 Å². The minimum atomic E-state index is -1.71. The maximum absolute atomic E-state index is 8.54. The van der Waals surface area contributed by atoms with Gasteiger partial charge in [-0.1, -0.05) is 0 Å². The van der Waals surface area contributed by atoms with E-state index in [2.05, 4.69) is 4.74 Å². The third kappa shape index (κ3) is 0.913. The second-order valence-corrected chi connectivity index (χ2v) is 1.49. The van der Waals surface area contributed by atoms with Crippen molar-refractivity contribution in [2.75, 3.05) is 6.61 Å². The number of hydrogen-bond donors (Lipinski definition) is 2. The van der Waals surface area contributed by atoms with Crippen molar-refractivity contribution in [3.63, 3.8) is 0 Å². The van der Waals surface area contributed by atoms with E-state index in [1.165, 1.54) is 12.3 Å². The first-order valence-electron chi connectivity index (χ1n) is 1.95. The van der Waals surface area contributed by atoms with Gasteiger partial charge in [-0.05, 0) is 0 Å². The lowest BCUT2D eigenvalue weighted by Gasteiger charge is -2.07. The number of hydrogen-bond acceptors (Lipinski definition) is 3. The topological polar surface area (TPSA) is 49.7 Å². The SMILES string of the molecule is OC1(O)C=COC1. The molecule has 1 aliphatic heterocycles. The van der Waals surface area contributed by atoms with Gasteiger partial charge in [-0.2, -0.15) is 0 Å². The molecule has 0 aromatic heterocycles. The maximum atomic E-state index is 8.54. The first-order chi connectivity index (χ1) is 3.21. The number of ether oxygens (including phenoxy) is 1. The monoisotopic (exact) mass is 102 g/mol. The fourth-order valence-electron chi connectivity index (χ4n) is 0.376. The molecule has 0 spiro atoms. The van der Waals surface area contributed by atoms with Gasteiger partial charge < -0.3 is 14.9 Å². The van der Waals surface area contributed by atoms with E-state index >= 15 is 0 Å². The van der Waals surface area contributed by atoms with Crippen LogP contribution in [0.5, 0.6) is 0 Å². The third-order valence-electron chi connectivity index (χ3n) is 0.727. The highest BCUT2D eigenvalue weighted by Gasteiger charge is 2.23. The van der Waals surface area contributed by atoms with Crippen LogP contribution in [0.1, 0.15) is 0 Å². The molecule has 0 aromatic carbocycles. The largest absolute Gasteiger partial charge is 0.495 e. The molecule has 0 atom stereocenters. The molecule has 0 saturated heterocycles. The van der Waals surface area contributed by atoms with Gasteiger partial charge in [0, 0.05) is 6.08 Å². The van der Waals surface area contributed by atoms with E-state index in [9.17, 15) is 0 Å². The lowest BCUT2D eigenvalue weighted by Crippen LogP contribution is -2.26. The smallest absolute Gasteiger partial charge is 0.221 e. The molecule has 0 bridgehead atoms. The van der Waals surface area contributed by atoms with Crippen LogP contribution in [0.15, 0.2) is 12.3 Å². The van der Waals surface area contributed by atoms with Crippen LogP contribution in [0.4, 0.5) is 0 Å². The second kappa shape index (κ2) is 1.21. The van der Waals surface area contributed by atoms with Gasteiger partial charge in [-0.15, -0.1) is 0 Å². The van der Waals surface area contributed by atoms with E-state index in [0.29, 0.717) is 0 Å². The molecule has 1 rings (SSSR count). The molecule has 3 nitrogen and oxygen atoms in total. The molecule has 1 heterocycles. The van der Waals surface area contributed by atoms with Crippen LogP contribution < -0.4 is 0 Å². The Hall–Kier alpha value is -0.540. The second-order valence-electron chi connectivity index (χ2n) is 1.49. The quantitative estimate of drug-likeness (QED) is 0.394. The van der Waals surface area contributed by atoms with Gasteiger partial charge in [0.25, 0.3) is 0 Å². The number of rotatable bonds is 0. The van der Waals surface area contributed by atoms with E-state index in [4.69, 9.17) is 10.2 Å². The van der Waals surface area contributed by atoms with Crippen molar-refractivity contribution in [1.82, 2.24) is 0 Å². The predicted octanol–water partition coefficient (Wildman–Crippen LogP) is -0.789. The summed E-state index contributed by atoms with van der Waals surface area (Å²) >= 11 is 0. The standard InChI is InChI=1S/C4H6O3/c5-4(6)1-2-7-3-4/h1-2,5-6H,3H2. The Bertz CT molecular complexity index is 95.1. The van der Waals surface area contributed by atoms with Crippen LogP contribution in [0, 0.1) is 0 Å². The van der Waals surface area contributed by atoms with Crippen LogP contribution >= 0.6 is 0 Å². The van der Waals surface area contributed by atoms with Gasteiger partial charge in [0.1, 0.15) is 6.61 Å². The van der Waals surface area contributed by atoms with Crippen LogP contribution in [0.25, 0.3) is 0 Å². The summed E-state index contributed by atoms with van der Waals surface area (Å²) in [5, 5.41) is 17.1. The molecule has 0 amide bonds. The first-order valence-corrected chi connectivity index (χ1v) is 1.95. The van der Waals surface area contributed by atoms with Gasteiger partial charge in [0.2, 0.25) is 5.79 Å². The van der Waals surface area contributed by atoms with E-state index in [1.807, 2.05) is 0 Å². The molecule has 40 valence electrons. The fraction of sp³-hybridized carbons (Fsp3) is 0.500. The Morgan fingerprint density at radius 1 is 1.57 bits per heavy atom. The minimum absolute atomic E-state index is 0.0486. The first kappa shape index (κ1) is 4.61. The van der Waals surface area contributed by atoms with E-state index in [1.54, 1.807) is 0 Å². The van der Waals surface area contributed by atoms with Gasteiger partial charge >= 0.3 is 0 Å².